The van der Waals surface area contributed by atoms with Crippen LogP contribution in [0.5, 0.6) is 0 Å². The van der Waals surface area contributed by atoms with Crippen LogP contribution in [0.2, 0.25) is 0 Å². The first-order chi connectivity index (χ1) is 6.20. The minimum atomic E-state index is -0.423. The van der Waals surface area contributed by atoms with Gasteiger partial charge in [-0.2, -0.15) is 0 Å². The standard InChI is InChI=1S/C9H19N3O/c1-8(13)4-7-12(10)9-2-5-11-6-3-9/h4,7-9,11,13H,2-3,5-6,10H2,1H3/b7-4-. The van der Waals surface area contributed by atoms with Crippen molar-refractivity contribution in [3.63, 3.8) is 0 Å². The van der Waals surface area contributed by atoms with Crippen LogP contribution in [0, 0.1) is 0 Å². The summed E-state index contributed by atoms with van der Waals surface area (Å²) >= 11 is 0. The van der Waals surface area contributed by atoms with Gasteiger partial charge in [0.15, 0.2) is 0 Å². The first-order valence-corrected chi connectivity index (χ1v) is 4.80. The van der Waals surface area contributed by atoms with Gasteiger partial charge in [-0.15, -0.1) is 0 Å². The maximum Gasteiger partial charge on any atom is 0.0710 e. The Kier molecular flexibility index (Phi) is 4.21. The summed E-state index contributed by atoms with van der Waals surface area (Å²) in [6.45, 7) is 3.77. The van der Waals surface area contributed by atoms with E-state index in [0.29, 0.717) is 6.04 Å². The highest BCUT2D eigenvalue weighted by Gasteiger charge is 2.15. The Morgan fingerprint density at radius 2 is 2.15 bits per heavy atom. The second-order valence-electron chi connectivity index (χ2n) is 3.51. The maximum atomic E-state index is 9.02. The molecule has 0 amide bonds. The number of aliphatic hydroxyl groups is 1. The third-order valence-corrected chi connectivity index (χ3v) is 2.27. The molecule has 0 bridgehead atoms. The van der Waals surface area contributed by atoms with Crippen molar-refractivity contribution in [3.8, 4) is 0 Å². The fourth-order valence-corrected chi connectivity index (χ4v) is 1.45. The second-order valence-corrected chi connectivity index (χ2v) is 3.51. The number of nitrogens with one attached hydrogen (secondary N) is 1. The largest absolute Gasteiger partial charge is 0.389 e. The van der Waals surface area contributed by atoms with Crippen LogP contribution in [-0.4, -0.2) is 35.4 Å². The summed E-state index contributed by atoms with van der Waals surface area (Å²) in [7, 11) is 0. The zero-order valence-electron chi connectivity index (χ0n) is 8.11. The molecule has 4 nitrogen and oxygen atoms in total. The number of rotatable bonds is 3. The Labute approximate surface area is 79.4 Å². The van der Waals surface area contributed by atoms with Crippen LogP contribution in [0.15, 0.2) is 12.3 Å². The maximum absolute atomic E-state index is 9.02. The molecule has 0 aromatic rings. The van der Waals surface area contributed by atoms with Crippen LogP contribution >= 0.6 is 0 Å². The Morgan fingerprint density at radius 1 is 1.54 bits per heavy atom. The van der Waals surface area contributed by atoms with Crippen molar-refractivity contribution in [2.75, 3.05) is 13.1 Å². The number of nitrogens with zero attached hydrogens (tertiary/aromatic N) is 1. The minimum Gasteiger partial charge on any atom is -0.389 e. The molecule has 76 valence electrons. The van der Waals surface area contributed by atoms with Crippen molar-refractivity contribution in [1.82, 2.24) is 10.3 Å². The second kappa shape index (κ2) is 5.21. The molecule has 4 N–H and O–H groups in total. The minimum absolute atomic E-state index is 0.413. The summed E-state index contributed by atoms with van der Waals surface area (Å²) in [6.07, 6.45) is 5.18. The molecule has 1 aliphatic rings. The molecule has 1 fully saturated rings. The highest BCUT2D eigenvalue weighted by Crippen LogP contribution is 2.08. The van der Waals surface area contributed by atoms with Crippen LogP contribution in [0.4, 0.5) is 0 Å². The SMILES string of the molecule is CC(O)/C=C\N(N)C1CCNCC1. The van der Waals surface area contributed by atoms with Crippen molar-refractivity contribution >= 4 is 0 Å². The zero-order chi connectivity index (χ0) is 9.68. The van der Waals surface area contributed by atoms with Crippen LogP contribution in [0.25, 0.3) is 0 Å². The molecule has 0 radical (unpaired) electrons. The van der Waals surface area contributed by atoms with Crippen molar-refractivity contribution in [1.29, 1.82) is 0 Å². The number of piperidine rings is 1. The first kappa shape index (κ1) is 10.5. The topological polar surface area (TPSA) is 61.5 Å². The van der Waals surface area contributed by atoms with Crippen molar-refractivity contribution < 1.29 is 5.11 Å². The smallest absolute Gasteiger partial charge is 0.0710 e. The number of aliphatic hydroxyl groups excluding tert-OH is 1. The summed E-state index contributed by atoms with van der Waals surface area (Å²) in [5.41, 5.74) is 0. The van der Waals surface area contributed by atoms with Crippen LogP contribution in [-0.2, 0) is 0 Å². The summed E-state index contributed by atoms with van der Waals surface area (Å²) < 4.78 is 0. The molecule has 1 saturated heterocycles. The lowest BCUT2D eigenvalue weighted by Crippen LogP contribution is -2.44. The third kappa shape index (κ3) is 3.76. The van der Waals surface area contributed by atoms with Gasteiger partial charge in [0, 0.05) is 12.2 Å². The molecule has 0 aliphatic carbocycles. The molecule has 0 spiro atoms. The summed E-state index contributed by atoms with van der Waals surface area (Å²) in [5.74, 6) is 5.80. The highest BCUT2D eigenvalue weighted by molar-refractivity contribution is 4.88. The molecule has 13 heavy (non-hydrogen) atoms. The number of hydrogen-bond acceptors (Lipinski definition) is 4. The summed E-state index contributed by atoms with van der Waals surface area (Å²) in [4.78, 5) is 0. The lowest BCUT2D eigenvalue weighted by Gasteiger charge is -2.30. The van der Waals surface area contributed by atoms with E-state index in [1.54, 1.807) is 24.2 Å². The molecule has 1 atom stereocenters. The Hall–Kier alpha value is -0.580. The van der Waals surface area contributed by atoms with E-state index in [0.717, 1.165) is 25.9 Å². The molecule has 0 saturated carbocycles. The van der Waals surface area contributed by atoms with Crippen LogP contribution in [0.3, 0.4) is 0 Å². The van der Waals surface area contributed by atoms with Crippen molar-refractivity contribution in [2.24, 2.45) is 5.84 Å². The molecule has 1 unspecified atom stereocenters. The lowest BCUT2D eigenvalue weighted by atomic mass is 10.1. The summed E-state index contributed by atoms with van der Waals surface area (Å²) in [6, 6.07) is 0.413. The van der Waals surface area contributed by atoms with Gasteiger partial charge in [-0.3, -0.25) is 0 Å². The Balaban J connectivity index is 2.32. The van der Waals surface area contributed by atoms with Gasteiger partial charge < -0.3 is 15.4 Å². The molecule has 1 heterocycles. The molecule has 1 aliphatic heterocycles. The molecular formula is C9H19N3O. The zero-order valence-corrected chi connectivity index (χ0v) is 8.11. The van der Waals surface area contributed by atoms with E-state index in [1.807, 2.05) is 0 Å². The van der Waals surface area contributed by atoms with Gasteiger partial charge in [-0.05, 0) is 38.9 Å². The average molecular weight is 185 g/mol. The molecular weight excluding hydrogens is 166 g/mol. The fourth-order valence-electron chi connectivity index (χ4n) is 1.45. The van der Waals surface area contributed by atoms with Gasteiger partial charge in [-0.25, -0.2) is 5.84 Å². The van der Waals surface area contributed by atoms with E-state index in [-0.39, 0.29) is 0 Å². The highest BCUT2D eigenvalue weighted by atomic mass is 16.3. The van der Waals surface area contributed by atoms with E-state index >= 15 is 0 Å². The lowest BCUT2D eigenvalue weighted by molar-refractivity contribution is 0.217. The number of hydrazine groups is 1. The monoisotopic (exact) mass is 185 g/mol. The normalized spacial score (nSPS) is 22.1. The molecule has 4 heteroatoms. The van der Waals surface area contributed by atoms with Gasteiger partial charge in [-0.1, -0.05) is 0 Å². The third-order valence-electron chi connectivity index (χ3n) is 2.27. The van der Waals surface area contributed by atoms with E-state index in [1.165, 1.54) is 0 Å². The van der Waals surface area contributed by atoms with E-state index in [9.17, 15) is 0 Å². The average Bonchev–Trinajstić information content (AvgIpc) is 2.15. The molecule has 0 aromatic carbocycles. The molecule has 1 rings (SSSR count). The van der Waals surface area contributed by atoms with Gasteiger partial charge >= 0.3 is 0 Å². The van der Waals surface area contributed by atoms with Gasteiger partial charge in [0.25, 0.3) is 0 Å². The predicted octanol–water partition coefficient (Wildman–Crippen LogP) is -0.191. The fraction of sp³-hybridized carbons (Fsp3) is 0.778. The van der Waals surface area contributed by atoms with Gasteiger partial charge in [0.1, 0.15) is 0 Å². The predicted molar refractivity (Wildman–Crippen MR) is 52.7 cm³/mol. The van der Waals surface area contributed by atoms with Gasteiger partial charge in [0.2, 0.25) is 0 Å². The number of nitrogens with two attached hydrogens (primary N) is 1. The first-order valence-electron chi connectivity index (χ1n) is 4.80. The van der Waals surface area contributed by atoms with Crippen LogP contribution < -0.4 is 11.2 Å². The van der Waals surface area contributed by atoms with E-state index < -0.39 is 6.10 Å². The van der Waals surface area contributed by atoms with E-state index in [2.05, 4.69) is 5.32 Å². The Morgan fingerprint density at radius 3 is 2.69 bits per heavy atom. The van der Waals surface area contributed by atoms with Gasteiger partial charge in [0.05, 0.1) is 6.10 Å². The van der Waals surface area contributed by atoms with Crippen molar-refractivity contribution in [3.05, 3.63) is 12.3 Å². The van der Waals surface area contributed by atoms with E-state index in [4.69, 9.17) is 10.9 Å². The van der Waals surface area contributed by atoms with Crippen LogP contribution in [0.1, 0.15) is 19.8 Å². The number of hydrogen-bond donors (Lipinski definition) is 3. The quantitative estimate of drug-likeness (QED) is 0.421. The molecule has 0 aromatic heterocycles. The van der Waals surface area contributed by atoms with Crippen molar-refractivity contribution in [2.45, 2.75) is 31.9 Å². The Bertz CT molecular complexity index is 164. The summed E-state index contributed by atoms with van der Waals surface area (Å²) in [5, 5.41) is 14.0.